The molecule has 1 unspecified atom stereocenters. The molecule has 1 aliphatic carbocycles. The number of rotatable bonds is 5. The highest BCUT2D eigenvalue weighted by Gasteiger charge is 2.36. The average Bonchev–Trinajstić information content (AvgIpc) is 3.13. The van der Waals surface area contributed by atoms with Crippen molar-refractivity contribution in [2.45, 2.75) is 32.1 Å². The van der Waals surface area contributed by atoms with Crippen LogP contribution in [0.25, 0.3) is 0 Å². The first-order valence-electron chi connectivity index (χ1n) is 6.12. The van der Waals surface area contributed by atoms with Crippen LogP contribution in [0.3, 0.4) is 0 Å². The van der Waals surface area contributed by atoms with Crippen molar-refractivity contribution in [2.75, 3.05) is 7.11 Å². The number of ether oxygens (including phenoxy) is 1. The Morgan fingerprint density at radius 2 is 2.17 bits per heavy atom. The number of aryl methyl sites for hydroxylation is 1. The van der Waals surface area contributed by atoms with Gasteiger partial charge in [0, 0.05) is 11.5 Å². The second kappa shape index (κ2) is 4.88. The summed E-state index contributed by atoms with van der Waals surface area (Å²) in [5, 5.41) is 19.0. The van der Waals surface area contributed by atoms with Crippen molar-refractivity contribution < 1.29 is 19.7 Å². The monoisotopic (exact) mass is 250 g/mol. The number of phenols is 1. The Balaban J connectivity index is 2.40. The Labute approximate surface area is 106 Å². The van der Waals surface area contributed by atoms with E-state index in [2.05, 4.69) is 0 Å². The smallest absolute Gasteiger partial charge is 0.303 e. The van der Waals surface area contributed by atoms with Crippen LogP contribution >= 0.6 is 0 Å². The molecule has 0 bridgehead atoms. The number of hydrogen-bond acceptors (Lipinski definition) is 3. The molecule has 4 nitrogen and oxygen atoms in total. The summed E-state index contributed by atoms with van der Waals surface area (Å²) in [6, 6.07) is 3.68. The van der Waals surface area contributed by atoms with Gasteiger partial charge in [-0.25, -0.2) is 0 Å². The van der Waals surface area contributed by atoms with Gasteiger partial charge in [0.25, 0.3) is 0 Å². The predicted octanol–water partition coefficient (Wildman–Crippen LogP) is 2.68. The predicted molar refractivity (Wildman–Crippen MR) is 67.1 cm³/mol. The van der Waals surface area contributed by atoms with Gasteiger partial charge in [-0.1, -0.05) is 12.1 Å². The summed E-state index contributed by atoms with van der Waals surface area (Å²) in [6.45, 7) is 1.80. The highest BCUT2D eigenvalue weighted by molar-refractivity contribution is 5.69. The minimum Gasteiger partial charge on any atom is -0.504 e. The van der Waals surface area contributed by atoms with Crippen LogP contribution in [-0.2, 0) is 4.79 Å². The van der Waals surface area contributed by atoms with E-state index in [1.54, 1.807) is 6.92 Å². The third-order valence-corrected chi connectivity index (χ3v) is 3.55. The maximum Gasteiger partial charge on any atom is 0.303 e. The van der Waals surface area contributed by atoms with E-state index in [-0.39, 0.29) is 18.1 Å². The van der Waals surface area contributed by atoms with Crippen LogP contribution in [-0.4, -0.2) is 23.3 Å². The van der Waals surface area contributed by atoms with Gasteiger partial charge in [0.1, 0.15) is 0 Å². The Morgan fingerprint density at radius 3 is 2.67 bits per heavy atom. The number of hydrogen-bond donors (Lipinski definition) is 2. The number of aromatic hydroxyl groups is 1. The molecule has 18 heavy (non-hydrogen) atoms. The molecule has 2 N–H and O–H groups in total. The van der Waals surface area contributed by atoms with Crippen molar-refractivity contribution in [1.29, 1.82) is 0 Å². The molecule has 1 fully saturated rings. The van der Waals surface area contributed by atoms with Gasteiger partial charge in [0.2, 0.25) is 0 Å². The molecular formula is C14H18O4. The normalized spacial score (nSPS) is 16.3. The quantitative estimate of drug-likeness (QED) is 0.843. The Kier molecular flexibility index (Phi) is 3.45. The third-order valence-electron chi connectivity index (χ3n) is 3.55. The first-order valence-corrected chi connectivity index (χ1v) is 6.12. The number of carbonyl (C=O) groups is 1. The summed E-state index contributed by atoms with van der Waals surface area (Å²) in [6.07, 6.45) is 2.19. The Morgan fingerprint density at radius 1 is 1.50 bits per heavy atom. The minimum absolute atomic E-state index is 0.0658. The lowest BCUT2D eigenvalue weighted by Gasteiger charge is -2.19. The molecular weight excluding hydrogens is 232 g/mol. The highest BCUT2D eigenvalue weighted by atomic mass is 16.5. The summed E-state index contributed by atoms with van der Waals surface area (Å²) >= 11 is 0. The number of benzene rings is 1. The summed E-state index contributed by atoms with van der Waals surface area (Å²) < 4.78 is 5.25. The number of aliphatic carboxylic acids is 1. The van der Waals surface area contributed by atoms with Crippen LogP contribution in [0.4, 0.5) is 0 Å². The number of carboxylic acids is 1. The van der Waals surface area contributed by atoms with E-state index in [1.165, 1.54) is 7.11 Å². The fraction of sp³-hybridized carbons (Fsp3) is 0.500. The molecule has 0 radical (unpaired) electrons. The van der Waals surface area contributed by atoms with E-state index in [0.29, 0.717) is 11.7 Å². The summed E-state index contributed by atoms with van der Waals surface area (Å²) in [5.41, 5.74) is 1.55. The van der Waals surface area contributed by atoms with Crippen molar-refractivity contribution in [3.63, 3.8) is 0 Å². The van der Waals surface area contributed by atoms with Crippen molar-refractivity contribution in [1.82, 2.24) is 0 Å². The van der Waals surface area contributed by atoms with Gasteiger partial charge in [-0.3, -0.25) is 4.79 Å². The summed E-state index contributed by atoms with van der Waals surface area (Å²) in [4.78, 5) is 11.0. The molecule has 0 aliphatic heterocycles. The molecule has 1 aliphatic rings. The number of methoxy groups -OCH3 is 1. The molecule has 0 spiro atoms. The molecule has 1 aromatic rings. The van der Waals surface area contributed by atoms with E-state index in [1.807, 2.05) is 12.1 Å². The molecule has 1 atom stereocenters. The summed E-state index contributed by atoms with van der Waals surface area (Å²) in [5.74, 6) is 0.0641. The lowest BCUT2D eigenvalue weighted by molar-refractivity contribution is -0.137. The molecule has 0 heterocycles. The zero-order valence-corrected chi connectivity index (χ0v) is 10.6. The van der Waals surface area contributed by atoms with Crippen molar-refractivity contribution in [3.8, 4) is 11.5 Å². The topological polar surface area (TPSA) is 66.8 Å². The molecule has 1 aromatic carbocycles. The van der Waals surface area contributed by atoms with Gasteiger partial charge in [-0.05, 0) is 31.2 Å². The number of carboxylic acid groups (broad SMARTS) is 1. The number of phenolic OH excluding ortho intramolecular Hbond substituents is 1. The largest absolute Gasteiger partial charge is 0.504 e. The fourth-order valence-corrected chi connectivity index (χ4v) is 2.41. The van der Waals surface area contributed by atoms with Crippen molar-refractivity contribution in [3.05, 3.63) is 23.3 Å². The molecule has 0 saturated heterocycles. The first kappa shape index (κ1) is 12.7. The van der Waals surface area contributed by atoms with E-state index >= 15 is 0 Å². The van der Waals surface area contributed by atoms with Crippen LogP contribution in [0.2, 0.25) is 0 Å². The van der Waals surface area contributed by atoms with Crippen molar-refractivity contribution >= 4 is 5.97 Å². The first-order chi connectivity index (χ1) is 8.54. The second-order valence-corrected chi connectivity index (χ2v) is 4.90. The van der Waals surface area contributed by atoms with Crippen LogP contribution in [0.5, 0.6) is 11.5 Å². The molecule has 2 rings (SSSR count). The van der Waals surface area contributed by atoms with E-state index in [9.17, 15) is 9.90 Å². The van der Waals surface area contributed by atoms with Gasteiger partial charge in [-0.15, -0.1) is 0 Å². The van der Waals surface area contributed by atoms with Crippen LogP contribution in [0, 0.1) is 12.8 Å². The van der Waals surface area contributed by atoms with Gasteiger partial charge in [0.05, 0.1) is 13.5 Å². The van der Waals surface area contributed by atoms with E-state index < -0.39 is 5.97 Å². The Hall–Kier alpha value is -1.71. The maximum atomic E-state index is 11.0. The molecule has 0 amide bonds. The standard InChI is InChI=1S/C14H18O4/c1-8-3-6-10(14(18-2)13(8)17)11(7-12(15)16)9-4-5-9/h3,6,9,11,17H,4-5,7H2,1-2H3,(H,15,16). The van der Waals surface area contributed by atoms with Crippen LogP contribution in [0.15, 0.2) is 12.1 Å². The van der Waals surface area contributed by atoms with E-state index in [0.717, 1.165) is 24.0 Å². The van der Waals surface area contributed by atoms with Crippen molar-refractivity contribution in [2.24, 2.45) is 5.92 Å². The Bertz CT molecular complexity index is 463. The molecule has 4 heteroatoms. The highest BCUT2D eigenvalue weighted by Crippen LogP contribution is 2.49. The lowest BCUT2D eigenvalue weighted by Crippen LogP contribution is -2.10. The van der Waals surface area contributed by atoms with Crippen LogP contribution in [0.1, 0.15) is 36.3 Å². The van der Waals surface area contributed by atoms with Gasteiger partial charge in [0.15, 0.2) is 11.5 Å². The van der Waals surface area contributed by atoms with E-state index in [4.69, 9.17) is 9.84 Å². The third kappa shape index (κ3) is 2.42. The molecule has 1 saturated carbocycles. The SMILES string of the molecule is COc1c(C(CC(=O)O)C2CC2)ccc(C)c1O. The molecule has 0 aromatic heterocycles. The molecule has 98 valence electrons. The average molecular weight is 250 g/mol. The zero-order valence-electron chi connectivity index (χ0n) is 10.6. The second-order valence-electron chi connectivity index (χ2n) is 4.90. The van der Waals surface area contributed by atoms with Gasteiger partial charge in [-0.2, -0.15) is 0 Å². The van der Waals surface area contributed by atoms with Crippen LogP contribution < -0.4 is 4.74 Å². The fourth-order valence-electron chi connectivity index (χ4n) is 2.41. The summed E-state index contributed by atoms with van der Waals surface area (Å²) in [7, 11) is 1.50. The minimum atomic E-state index is -0.811. The van der Waals surface area contributed by atoms with Gasteiger partial charge >= 0.3 is 5.97 Å². The lowest BCUT2D eigenvalue weighted by atomic mass is 9.89. The maximum absolute atomic E-state index is 11.0. The zero-order chi connectivity index (χ0) is 13.3. The van der Waals surface area contributed by atoms with Gasteiger partial charge < -0.3 is 14.9 Å².